The minimum Gasteiger partial charge on any atom is -0.388 e. The summed E-state index contributed by atoms with van der Waals surface area (Å²) in [6, 6.07) is 10.1. The molecule has 0 spiro atoms. The highest BCUT2D eigenvalue weighted by Gasteiger charge is 2.26. The molecule has 0 aliphatic carbocycles. The van der Waals surface area contributed by atoms with E-state index < -0.39 is 0 Å². The maximum atomic E-state index is 11.7. The first kappa shape index (κ1) is 17.0. The van der Waals surface area contributed by atoms with Crippen LogP contribution in [-0.4, -0.2) is 41.6 Å². The number of carbonyl (C=O) groups is 1. The van der Waals surface area contributed by atoms with Gasteiger partial charge in [0.2, 0.25) is 5.91 Å². The van der Waals surface area contributed by atoms with E-state index >= 15 is 0 Å². The molecule has 122 valence electrons. The van der Waals surface area contributed by atoms with Gasteiger partial charge in [-0.05, 0) is 51.3 Å². The maximum Gasteiger partial charge on any atom is 0.221 e. The van der Waals surface area contributed by atoms with E-state index in [0.717, 1.165) is 38.0 Å². The van der Waals surface area contributed by atoms with Gasteiger partial charge in [0.1, 0.15) is 0 Å². The fourth-order valence-corrected chi connectivity index (χ4v) is 3.07. The van der Waals surface area contributed by atoms with Crippen molar-refractivity contribution in [1.29, 1.82) is 0 Å². The van der Waals surface area contributed by atoms with Gasteiger partial charge >= 0.3 is 0 Å². The summed E-state index contributed by atoms with van der Waals surface area (Å²) in [5.41, 5.74) is 1.01. The van der Waals surface area contributed by atoms with E-state index in [2.05, 4.69) is 10.2 Å². The lowest BCUT2D eigenvalue weighted by Crippen LogP contribution is -2.39. The lowest BCUT2D eigenvalue weighted by Gasteiger charge is -2.34. The first-order chi connectivity index (χ1) is 10.6. The summed E-state index contributed by atoms with van der Waals surface area (Å²) in [5.74, 6) is 0.449. The lowest BCUT2D eigenvalue weighted by atomic mass is 9.87. The van der Waals surface area contributed by atoms with Crippen LogP contribution in [0.1, 0.15) is 44.8 Å². The second-order valence-corrected chi connectivity index (χ2v) is 6.51. The first-order valence-corrected chi connectivity index (χ1v) is 8.31. The van der Waals surface area contributed by atoms with Crippen LogP contribution in [0, 0.1) is 5.92 Å². The number of hydrogen-bond acceptors (Lipinski definition) is 3. The Bertz CT molecular complexity index is 453. The number of piperidine rings is 1. The minimum atomic E-state index is -0.368. The molecule has 1 amide bonds. The Balaban J connectivity index is 1.73. The van der Waals surface area contributed by atoms with E-state index in [4.69, 9.17) is 0 Å². The van der Waals surface area contributed by atoms with Crippen LogP contribution in [0.3, 0.4) is 0 Å². The van der Waals surface area contributed by atoms with Crippen molar-refractivity contribution < 1.29 is 9.90 Å². The molecule has 1 fully saturated rings. The Morgan fingerprint density at radius 2 is 1.91 bits per heavy atom. The Hall–Kier alpha value is -1.39. The molecule has 1 aromatic rings. The molecule has 0 aromatic heterocycles. The van der Waals surface area contributed by atoms with Crippen molar-refractivity contribution in [2.75, 3.05) is 19.6 Å². The van der Waals surface area contributed by atoms with Crippen molar-refractivity contribution in [1.82, 2.24) is 10.2 Å². The lowest BCUT2D eigenvalue weighted by molar-refractivity contribution is -0.122. The average molecular weight is 304 g/mol. The molecule has 1 aliphatic heterocycles. The number of nitrogens with one attached hydrogen (secondary N) is 1. The topological polar surface area (TPSA) is 52.6 Å². The highest BCUT2D eigenvalue weighted by atomic mass is 16.3. The molecular formula is C18H28N2O2. The summed E-state index contributed by atoms with van der Waals surface area (Å²) >= 11 is 0. The van der Waals surface area contributed by atoms with E-state index in [-0.39, 0.29) is 18.1 Å². The van der Waals surface area contributed by atoms with E-state index in [1.54, 1.807) is 0 Å². The monoisotopic (exact) mass is 304 g/mol. The second-order valence-electron chi connectivity index (χ2n) is 6.51. The molecule has 1 heterocycles. The van der Waals surface area contributed by atoms with Crippen LogP contribution >= 0.6 is 0 Å². The van der Waals surface area contributed by atoms with Gasteiger partial charge in [-0.3, -0.25) is 4.79 Å². The van der Waals surface area contributed by atoms with Crippen molar-refractivity contribution in [2.24, 2.45) is 5.92 Å². The van der Waals surface area contributed by atoms with Crippen LogP contribution in [0.25, 0.3) is 0 Å². The van der Waals surface area contributed by atoms with Crippen LogP contribution in [0.15, 0.2) is 30.3 Å². The summed E-state index contributed by atoms with van der Waals surface area (Å²) in [6.07, 6.45) is 2.17. The van der Waals surface area contributed by atoms with E-state index in [0.29, 0.717) is 12.3 Å². The summed E-state index contributed by atoms with van der Waals surface area (Å²) in [7, 11) is 0. The molecule has 22 heavy (non-hydrogen) atoms. The number of nitrogens with zero attached hydrogens (tertiary/aromatic N) is 1. The summed E-state index contributed by atoms with van der Waals surface area (Å²) < 4.78 is 0. The third-order valence-corrected chi connectivity index (χ3v) is 4.32. The number of amides is 1. The van der Waals surface area contributed by atoms with Crippen LogP contribution in [0.5, 0.6) is 0 Å². The van der Waals surface area contributed by atoms with Crippen molar-refractivity contribution in [2.45, 2.75) is 45.3 Å². The first-order valence-electron chi connectivity index (χ1n) is 8.31. The predicted molar refractivity (Wildman–Crippen MR) is 88.5 cm³/mol. The fourth-order valence-electron chi connectivity index (χ4n) is 3.07. The SMILES string of the molecule is CC(C)NC(=O)CCN1CCC(C(O)c2ccccc2)CC1. The minimum absolute atomic E-state index is 0.126. The molecule has 1 aromatic carbocycles. The number of hydrogen-bond donors (Lipinski definition) is 2. The Labute approximate surface area is 133 Å². The molecule has 4 nitrogen and oxygen atoms in total. The molecule has 4 heteroatoms. The zero-order valence-corrected chi connectivity index (χ0v) is 13.7. The normalized spacial score (nSPS) is 18.4. The van der Waals surface area contributed by atoms with Crippen LogP contribution < -0.4 is 5.32 Å². The average Bonchev–Trinajstić information content (AvgIpc) is 2.53. The molecule has 0 radical (unpaired) electrons. The molecule has 1 saturated heterocycles. The van der Waals surface area contributed by atoms with Gasteiger partial charge in [-0.2, -0.15) is 0 Å². The molecule has 0 bridgehead atoms. The standard InChI is InChI=1S/C18H28N2O2/c1-14(2)19-17(21)10-13-20-11-8-16(9-12-20)18(22)15-6-4-3-5-7-15/h3-7,14,16,18,22H,8-13H2,1-2H3,(H,19,21). The highest BCUT2D eigenvalue weighted by molar-refractivity contribution is 5.76. The molecule has 2 rings (SSSR count). The van der Waals surface area contributed by atoms with Crippen molar-refractivity contribution in [3.8, 4) is 0 Å². The van der Waals surface area contributed by atoms with E-state index in [1.165, 1.54) is 0 Å². The number of benzene rings is 1. The van der Waals surface area contributed by atoms with Crippen LogP contribution in [0.2, 0.25) is 0 Å². The highest BCUT2D eigenvalue weighted by Crippen LogP contribution is 2.30. The van der Waals surface area contributed by atoms with Crippen molar-refractivity contribution >= 4 is 5.91 Å². The zero-order valence-electron chi connectivity index (χ0n) is 13.7. The van der Waals surface area contributed by atoms with Gasteiger partial charge in [-0.1, -0.05) is 30.3 Å². The molecule has 1 unspecified atom stereocenters. The summed E-state index contributed by atoms with van der Waals surface area (Å²) in [6.45, 7) is 6.70. The Morgan fingerprint density at radius 3 is 2.50 bits per heavy atom. The van der Waals surface area contributed by atoms with Gasteiger partial charge in [-0.15, -0.1) is 0 Å². The number of aliphatic hydroxyl groups excluding tert-OH is 1. The van der Waals surface area contributed by atoms with E-state index in [9.17, 15) is 9.90 Å². The van der Waals surface area contributed by atoms with Crippen LogP contribution in [0.4, 0.5) is 0 Å². The van der Waals surface area contributed by atoms with Gasteiger partial charge in [0, 0.05) is 19.0 Å². The van der Waals surface area contributed by atoms with Gasteiger partial charge < -0.3 is 15.3 Å². The van der Waals surface area contributed by atoms with Gasteiger partial charge in [0.25, 0.3) is 0 Å². The third kappa shape index (κ3) is 5.11. The molecule has 1 atom stereocenters. The maximum absolute atomic E-state index is 11.7. The Morgan fingerprint density at radius 1 is 1.27 bits per heavy atom. The number of aliphatic hydroxyl groups is 1. The van der Waals surface area contributed by atoms with E-state index in [1.807, 2.05) is 44.2 Å². The summed E-state index contributed by atoms with van der Waals surface area (Å²) in [5, 5.41) is 13.4. The quantitative estimate of drug-likeness (QED) is 0.848. The number of carbonyl (C=O) groups excluding carboxylic acids is 1. The van der Waals surface area contributed by atoms with Gasteiger partial charge in [-0.25, -0.2) is 0 Å². The number of rotatable bonds is 6. The Kier molecular flexibility index (Phi) is 6.40. The molecule has 0 saturated carbocycles. The van der Waals surface area contributed by atoms with Gasteiger partial charge in [0.05, 0.1) is 6.10 Å². The fraction of sp³-hybridized carbons (Fsp3) is 0.611. The van der Waals surface area contributed by atoms with Gasteiger partial charge in [0.15, 0.2) is 0 Å². The molecule has 1 aliphatic rings. The second kappa shape index (κ2) is 8.30. The van der Waals surface area contributed by atoms with Crippen LogP contribution in [-0.2, 0) is 4.79 Å². The van der Waals surface area contributed by atoms with Crippen molar-refractivity contribution in [3.05, 3.63) is 35.9 Å². The zero-order chi connectivity index (χ0) is 15.9. The predicted octanol–water partition coefficient (Wildman–Crippen LogP) is 2.35. The van der Waals surface area contributed by atoms with Crippen molar-refractivity contribution in [3.63, 3.8) is 0 Å². The number of likely N-dealkylation sites (tertiary alicyclic amines) is 1. The largest absolute Gasteiger partial charge is 0.388 e. The summed E-state index contributed by atoms with van der Waals surface area (Å²) in [4.78, 5) is 14.0. The third-order valence-electron chi connectivity index (χ3n) is 4.32. The smallest absolute Gasteiger partial charge is 0.221 e. The molecule has 2 N–H and O–H groups in total. The molecular weight excluding hydrogens is 276 g/mol.